The van der Waals surface area contributed by atoms with E-state index in [1.807, 2.05) is 0 Å². The smallest absolute Gasteiger partial charge is 0.269 e. The van der Waals surface area contributed by atoms with Crippen LogP contribution in [0.3, 0.4) is 0 Å². The van der Waals surface area contributed by atoms with Crippen molar-refractivity contribution < 1.29 is 24.7 Å². The lowest BCUT2D eigenvalue weighted by molar-refractivity contribution is -0.135. The minimum absolute atomic E-state index is 0.220. The first kappa shape index (κ1) is 25.9. The van der Waals surface area contributed by atoms with Crippen LogP contribution < -0.4 is 21.4 Å². The lowest BCUT2D eigenvalue weighted by Gasteiger charge is -2.32. The van der Waals surface area contributed by atoms with Crippen molar-refractivity contribution in [3.8, 4) is 11.8 Å². The van der Waals surface area contributed by atoms with E-state index in [2.05, 4.69) is 22.1 Å². The van der Waals surface area contributed by atoms with Gasteiger partial charge in [0.25, 0.3) is 5.91 Å². The van der Waals surface area contributed by atoms with Gasteiger partial charge in [-0.3, -0.25) is 24.5 Å². The van der Waals surface area contributed by atoms with Crippen molar-refractivity contribution in [3.05, 3.63) is 89.6 Å². The van der Waals surface area contributed by atoms with Gasteiger partial charge in [-0.25, -0.2) is 10.5 Å². The van der Waals surface area contributed by atoms with Gasteiger partial charge in [0, 0.05) is 28.6 Å². The van der Waals surface area contributed by atoms with Crippen molar-refractivity contribution in [1.82, 2.24) is 10.5 Å². The van der Waals surface area contributed by atoms with Crippen molar-refractivity contribution in [2.75, 3.05) is 16.8 Å². The third-order valence-corrected chi connectivity index (χ3v) is 5.13. The minimum Gasteiger partial charge on any atom is -0.391 e. The SMILES string of the molecule is C[C@@H](O)[C@@H](C(=O)NO)N(C(=O)CNc1ccccn1)c1ccc(C#Cc2ccc(C(N)=O)cc2)cc1. The highest BCUT2D eigenvalue weighted by atomic mass is 16.5. The van der Waals surface area contributed by atoms with Gasteiger partial charge >= 0.3 is 0 Å². The number of nitrogens with two attached hydrogens (primary N) is 1. The number of nitrogens with one attached hydrogen (secondary N) is 2. The summed E-state index contributed by atoms with van der Waals surface area (Å²) in [6.07, 6.45) is 0.271. The molecule has 0 aliphatic rings. The number of hydrogen-bond donors (Lipinski definition) is 5. The zero-order chi connectivity index (χ0) is 26.1. The van der Waals surface area contributed by atoms with Crippen molar-refractivity contribution in [3.63, 3.8) is 0 Å². The Morgan fingerprint density at radius 2 is 1.61 bits per heavy atom. The Morgan fingerprint density at radius 1 is 1.00 bits per heavy atom. The van der Waals surface area contributed by atoms with Gasteiger partial charge in [-0.1, -0.05) is 17.9 Å². The lowest BCUT2D eigenvalue weighted by atomic mass is 10.1. The number of pyridine rings is 1. The average Bonchev–Trinajstić information content (AvgIpc) is 2.89. The standard InChI is InChI=1S/C26H25N5O5/c1-17(32)24(26(35)30-36)31(23(33)16-29-22-4-2-3-15-28-22)21-13-9-19(10-14-21)6-5-18-7-11-20(12-8-18)25(27)34/h2-4,7-15,17,24,32,36H,16H2,1H3,(H2,27,34)(H,28,29)(H,30,35)/t17-,24+/m1/s1. The molecule has 6 N–H and O–H groups in total. The number of nitrogens with zero attached hydrogens (tertiary/aromatic N) is 2. The number of hydroxylamine groups is 1. The van der Waals surface area contributed by atoms with Gasteiger partial charge in [-0.05, 0) is 67.6 Å². The minimum atomic E-state index is -1.39. The fourth-order valence-corrected chi connectivity index (χ4v) is 3.36. The van der Waals surface area contributed by atoms with Crippen LogP contribution in [-0.2, 0) is 9.59 Å². The Bertz CT molecular complexity index is 1270. The number of carbonyl (C=O) groups is 3. The first-order valence-corrected chi connectivity index (χ1v) is 10.9. The van der Waals surface area contributed by atoms with E-state index >= 15 is 0 Å². The summed E-state index contributed by atoms with van der Waals surface area (Å²) >= 11 is 0. The quantitative estimate of drug-likeness (QED) is 0.182. The highest BCUT2D eigenvalue weighted by Crippen LogP contribution is 2.21. The summed E-state index contributed by atoms with van der Waals surface area (Å²) in [5.41, 5.74) is 8.74. The van der Waals surface area contributed by atoms with Crippen LogP contribution in [0.25, 0.3) is 0 Å². The molecule has 0 fully saturated rings. The van der Waals surface area contributed by atoms with E-state index < -0.39 is 29.9 Å². The molecule has 0 unspecified atom stereocenters. The summed E-state index contributed by atoms with van der Waals surface area (Å²) in [6.45, 7) is 1.12. The summed E-state index contributed by atoms with van der Waals surface area (Å²) < 4.78 is 0. The summed E-state index contributed by atoms with van der Waals surface area (Å²) in [5, 5.41) is 22.3. The maximum atomic E-state index is 13.2. The lowest BCUT2D eigenvalue weighted by Crippen LogP contribution is -2.56. The van der Waals surface area contributed by atoms with E-state index in [9.17, 15) is 24.7 Å². The molecule has 0 bridgehead atoms. The molecule has 10 heteroatoms. The van der Waals surface area contributed by atoms with E-state index in [1.54, 1.807) is 72.9 Å². The summed E-state index contributed by atoms with van der Waals surface area (Å²) in [6, 6.07) is 16.8. The molecule has 3 rings (SSSR count). The second-order valence-electron chi connectivity index (χ2n) is 7.73. The number of aliphatic hydroxyl groups excluding tert-OH is 1. The maximum absolute atomic E-state index is 13.2. The second kappa shape index (κ2) is 12.1. The van der Waals surface area contributed by atoms with Gasteiger partial charge in [0.15, 0.2) is 0 Å². The van der Waals surface area contributed by atoms with E-state index in [-0.39, 0.29) is 6.54 Å². The highest BCUT2D eigenvalue weighted by molar-refractivity contribution is 6.02. The molecule has 0 saturated carbocycles. The van der Waals surface area contributed by atoms with Crippen LogP contribution in [0.2, 0.25) is 0 Å². The fraction of sp³-hybridized carbons (Fsp3) is 0.154. The molecule has 3 aromatic rings. The summed E-state index contributed by atoms with van der Waals surface area (Å²) in [7, 11) is 0. The predicted molar refractivity (Wildman–Crippen MR) is 133 cm³/mol. The first-order chi connectivity index (χ1) is 17.3. The molecule has 3 amide bonds. The number of carbonyl (C=O) groups excluding carboxylic acids is 3. The maximum Gasteiger partial charge on any atom is 0.269 e. The zero-order valence-electron chi connectivity index (χ0n) is 19.4. The van der Waals surface area contributed by atoms with Gasteiger partial charge in [0.1, 0.15) is 11.9 Å². The highest BCUT2D eigenvalue weighted by Gasteiger charge is 2.34. The van der Waals surface area contributed by atoms with Crippen LogP contribution in [0.15, 0.2) is 72.9 Å². The van der Waals surface area contributed by atoms with E-state index in [0.717, 1.165) is 4.90 Å². The van der Waals surface area contributed by atoms with Gasteiger partial charge in [-0.15, -0.1) is 0 Å². The molecule has 2 atom stereocenters. The van der Waals surface area contributed by atoms with Gasteiger partial charge in [0.05, 0.1) is 12.6 Å². The van der Waals surface area contributed by atoms with Crippen molar-refractivity contribution in [2.24, 2.45) is 5.73 Å². The van der Waals surface area contributed by atoms with Crippen LogP contribution >= 0.6 is 0 Å². The molecule has 1 aromatic heterocycles. The van der Waals surface area contributed by atoms with Crippen molar-refractivity contribution in [1.29, 1.82) is 0 Å². The number of benzene rings is 2. The first-order valence-electron chi connectivity index (χ1n) is 10.9. The Labute approximate surface area is 207 Å². The third-order valence-electron chi connectivity index (χ3n) is 5.13. The average molecular weight is 488 g/mol. The third kappa shape index (κ3) is 6.66. The molecule has 36 heavy (non-hydrogen) atoms. The number of aromatic nitrogens is 1. The Hall–Kier alpha value is -4.72. The zero-order valence-corrected chi connectivity index (χ0v) is 19.4. The number of anilines is 2. The van der Waals surface area contributed by atoms with Crippen LogP contribution in [0.1, 0.15) is 28.4 Å². The molecular formula is C26H25N5O5. The topological polar surface area (TPSA) is 158 Å². The Morgan fingerprint density at radius 3 is 2.11 bits per heavy atom. The van der Waals surface area contributed by atoms with E-state index in [4.69, 9.17) is 5.73 Å². The van der Waals surface area contributed by atoms with Gasteiger partial charge < -0.3 is 16.2 Å². The molecule has 1 heterocycles. The van der Waals surface area contributed by atoms with Crippen LogP contribution in [0.5, 0.6) is 0 Å². The molecule has 0 saturated heterocycles. The molecule has 184 valence electrons. The molecule has 10 nitrogen and oxygen atoms in total. The van der Waals surface area contributed by atoms with Gasteiger partial charge in [0.2, 0.25) is 11.8 Å². The van der Waals surface area contributed by atoms with Gasteiger partial charge in [-0.2, -0.15) is 0 Å². The fourth-order valence-electron chi connectivity index (χ4n) is 3.36. The molecule has 0 aliphatic heterocycles. The molecular weight excluding hydrogens is 462 g/mol. The summed E-state index contributed by atoms with van der Waals surface area (Å²) in [5.74, 6) is 4.40. The van der Waals surface area contributed by atoms with Crippen LogP contribution in [0, 0.1) is 11.8 Å². The molecule has 0 aliphatic carbocycles. The monoisotopic (exact) mass is 487 g/mol. The van der Waals surface area contributed by atoms with Crippen LogP contribution in [0.4, 0.5) is 11.5 Å². The number of amides is 3. The predicted octanol–water partition coefficient (Wildman–Crippen LogP) is 1.28. The van der Waals surface area contributed by atoms with E-state index in [1.165, 1.54) is 12.4 Å². The number of hydrogen-bond acceptors (Lipinski definition) is 7. The van der Waals surface area contributed by atoms with E-state index in [0.29, 0.717) is 28.2 Å². The van der Waals surface area contributed by atoms with Crippen molar-refractivity contribution in [2.45, 2.75) is 19.1 Å². The Balaban J connectivity index is 1.85. The normalized spacial score (nSPS) is 11.9. The van der Waals surface area contributed by atoms with Crippen molar-refractivity contribution >= 4 is 29.2 Å². The Kier molecular flexibility index (Phi) is 8.72. The number of rotatable bonds is 8. The second-order valence-corrected chi connectivity index (χ2v) is 7.73. The number of primary amides is 1. The van der Waals surface area contributed by atoms with Crippen LogP contribution in [-0.4, -0.2) is 51.7 Å². The molecule has 0 radical (unpaired) electrons. The molecule has 2 aromatic carbocycles. The molecule has 0 spiro atoms. The summed E-state index contributed by atoms with van der Waals surface area (Å²) in [4.78, 5) is 41.9. The largest absolute Gasteiger partial charge is 0.391 e. The number of aliphatic hydroxyl groups is 1.